The van der Waals surface area contributed by atoms with Gasteiger partial charge in [0.1, 0.15) is 5.00 Å². The fraction of sp³-hybridized carbons (Fsp3) is 0.208. The number of esters is 1. The second-order valence-corrected chi connectivity index (χ2v) is 8.37. The summed E-state index contributed by atoms with van der Waals surface area (Å²) in [5.41, 5.74) is 2.88. The number of anilines is 2. The second-order valence-electron chi connectivity index (χ2n) is 7.26. The van der Waals surface area contributed by atoms with Crippen molar-refractivity contribution in [1.82, 2.24) is 0 Å². The molecule has 0 saturated carbocycles. The Labute approximate surface area is 184 Å². The molecule has 0 unspecified atom stereocenters. The van der Waals surface area contributed by atoms with Crippen molar-refractivity contribution >= 4 is 39.8 Å². The topological polar surface area (TPSA) is 84.5 Å². The predicted octanol–water partition coefficient (Wildman–Crippen LogP) is 4.92. The zero-order valence-corrected chi connectivity index (χ0v) is 17.9. The molecule has 6 nitrogen and oxygen atoms in total. The number of rotatable bonds is 5. The molecule has 0 atom stereocenters. The van der Waals surface area contributed by atoms with Crippen molar-refractivity contribution < 1.29 is 19.1 Å². The number of methoxy groups -OCH3 is 1. The summed E-state index contributed by atoms with van der Waals surface area (Å²) in [6.07, 6.45) is 3.78. The van der Waals surface area contributed by atoms with Gasteiger partial charge in [-0.05, 0) is 61.6 Å². The van der Waals surface area contributed by atoms with Crippen LogP contribution in [0.1, 0.15) is 54.4 Å². The minimum Gasteiger partial charge on any atom is -0.465 e. The third-order valence-electron chi connectivity index (χ3n) is 5.20. The average molecular weight is 435 g/mol. The first-order valence-electron chi connectivity index (χ1n) is 10.1. The molecule has 1 aromatic heterocycles. The van der Waals surface area contributed by atoms with E-state index in [0.717, 1.165) is 36.1 Å². The van der Waals surface area contributed by atoms with Gasteiger partial charge in [0.15, 0.2) is 0 Å². The van der Waals surface area contributed by atoms with E-state index in [-0.39, 0.29) is 11.8 Å². The molecule has 1 aliphatic carbocycles. The van der Waals surface area contributed by atoms with Crippen LogP contribution in [-0.4, -0.2) is 24.9 Å². The maximum absolute atomic E-state index is 13.3. The van der Waals surface area contributed by atoms with Gasteiger partial charge in [0, 0.05) is 16.1 Å². The van der Waals surface area contributed by atoms with Gasteiger partial charge in [0.25, 0.3) is 11.8 Å². The molecule has 1 heterocycles. The fourth-order valence-corrected chi connectivity index (χ4v) is 4.98. The highest BCUT2D eigenvalue weighted by molar-refractivity contribution is 7.17. The van der Waals surface area contributed by atoms with Crippen molar-refractivity contribution in [3.05, 3.63) is 81.7 Å². The Morgan fingerprint density at radius 1 is 0.871 bits per heavy atom. The third-order valence-corrected chi connectivity index (χ3v) is 6.41. The zero-order chi connectivity index (χ0) is 21.8. The van der Waals surface area contributed by atoms with Crippen molar-refractivity contribution in [2.45, 2.75) is 25.7 Å². The van der Waals surface area contributed by atoms with Crippen LogP contribution in [0.2, 0.25) is 0 Å². The molecule has 0 fully saturated rings. The Hall–Kier alpha value is -3.45. The maximum atomic E-state index is 13.3. The monoisotopic (exact) mass is 434 g/mol. The molecule has 3 aromatic rings. The normalized spacial score (nSPS) is 12.5. The van der Waals surface area contributed by atoms with Crippen LogP contribution in [0.4, 0.5) is 10.7 Å². The highest BCUT2D eigenvalue weighted by atomic mass is 32.1. The van der Waals surface area contributed by atoms with Gasteiger partial charge in [-0.1, -0.05) is 24.3 Å². The summed E-state index contributed by atoms with van der Waals surface area (Å²) in [6, 6.07) is 15.5. The second kappa shape index (κ2) is 9.14. The van der Waals surface area contributed by atoms with Gasteiger partial charge in [-0.15, -0.1) is 11.3 Å². The summed E-state index contributed by atoms with van der Waals surface area (Å²) in [4.78, 5) is 38.9. The molecular formula is C24H22N2O4S. The lowest BCUT2D eigenvalue weighted by Crippen LogP contribution is -2.18. The van der Waals surface area contributed by atoms with E-state index in [1.54, 1.807) is 48.5 Å². The van der Waals surface area contributed by atoms with Gasteiger partial charge in [-0.3, -0.25) is 9.59 Å². The number of thiophene rings is 1. The van der Waals surface area contributed by atoms with Crippen molar-refractivity contribution in [3.63, 3.8) is 0 Å². The van der Waals surface area contributed by atoms with E-state index in [4.69, 9.17) is 4.74 Å². The van der Waals surface area contributed by atoms with Crippen LogP contribution in [0.15, 0.2) is 54.6 Å². The van der Waals surface area contributed by atoms with Crippen LogP contribution < -0.4 is 10.6 Å². The van der Waals surface area contributed by atoms with E-state index in [0.29, 0.717) is 27.4 Å². The molecule has 4 rings (SSSR count). The Morgan fingerprint density at radius 2 is 1.61 bits per heavy atom. The van der Waals surface area contributed by atoms with Gasteiger partial charge >= 0.3 is 5.97 Å². The summed E-state index contributed by atoms with van der Waals surface area (Å²) in [7, 11) is 1.31. The SMILES string of the molecule is COC(=O)c1cccc(NC(=O)c2c(NC(=O)c3ccccc3)sc3c2CCCC3)c1. The molecule has 0 saturated heterocycles. The smallest absolute Gasteiger partial charge is 0.337 e. The van der Waals surface area contributed by atoms with E-state index < -0.39 is 5.97 Å². The highest BCUT2D eigenvalue weighted by Gasteiger charge is 2.27. The molecule has 2 amide bonds. The number of ether oxygens (including phenoxy) is 1. The van der Waals surface area contributed by atoms with Crippen LogP contribution in [0, 0.1) is 0 Å². The van der Waals surface area contributed by atoms with E-state index in [9.17, 15) is 14.4 Å². The molecule has 31 heavy (non-hydrogen) atoms. The van der Waals surface area contributed by atoms with Gasteiger partial charge < -0.3 is 15.4 Å². The molecule has 7 heteroatoms. The van der Waals surface area contributed by atoms with Gasteiger partial charge in [-0.25, -0.2) is 4.79 Å². The number of hydrogen-bond acceptors (Lipinski definition) is 5. The number of benzene rings is 2. The summed E-state index contributed by atoms with van der Waals surface area (Å²) in [6.45, 7) is 0. The molecule has 0 spiro atoms. The van der Waals surface area contributed by atoms with Crippen molar-refractivity contribution in [3.8, 4) is 0 Å². The number of nitrogens with one attached hydrogen (secondary N) is 2. The molecule has 158 valence electrons. The Morgan fingerprint density at radius 3 is 2.39 bits per heavy atom. The first-order chi connectivity index (χ1) is 15.1. The Balaban J connectivity index is 1.64. The molecule has 0 radical (unpaired) electrons. The maximum Gasteiger partial charge on any atom is 0.337 e. The molecule has 1 aliphatic rings. The average Bonchev–Trinajstić information content (AvgIpc) is 3.17. The van der Waals surface area contributed by atoms with E-state index in [1.807, 2.05) is 6.07 Å². The van der Waals surface area contributed by atoms with Gasteiger partial charge in [0.2, 0.25) is 0 Å². The number of amides is 2. The van der Waals surface area contributed by atoms with E-state index in [1.165, 1.54) is 18.4 Å². The summed E-state index contributed by atoms with van der Waals surface area (Å²) in [5, 5.41) is 6.37. The van der Waals surface area contributed by atoms with Crippen molar-refractivity contribution in [2.75, 3.05) is 17.7 Å². The first kappa shape index (κ1) is 20.8. The van der Waals surface area contributed by atoms with Crippen LogP contribution in [-0.2, 0) is 17.6 Å². The lowest BCUT2D eigenvalue weighted by molar-refractivity contribution is 0.0600. The van der Waals surface area contributed by atoms with Crippen LogP contribution in [0.5, 0.6) is 0 Å². The Bertz CT molecular complexity index is 1140. The first-order valence-corrected chi connectivity index (χ1v) is 10.9. The molecule has 0 aliphatic heterocycles. The van der Waals surface area contributed by atoms with Gasteiger partial charge in [-0.2, -0.15) is 0 Å². The summed E-state index contributed by atoms with van der Waals surface area (Å²) < 4.78 is 4.75. The quantitative estimate of drug-likeness (QED) is 0.559. The number of hydrogen-bond donors (Lipinski definition) is 2. The molecular weight excluding hydrogens is 412 g/mol. The van der Waals surface area contributed by atoms with Crippen LogP contribution in [0.25, 0.3) is 0 Å². The highest BCUT2D eigenvalue weighted by Crippen LogP contribution is 2.38. The number of aryl methyl sites for hydroxylation is 1. The third kappa shape index (κ3) is 4.51. The zero-order valence-electron chi connectivity index (χ0n) is 17.1. The van der Waals surface area contributed by atoms with Crippen molar-refractivity contribution in [1.29, 1.82) is 0 Å². The van der Waals surface area contributed by atoms with Crippen LogP contribution in [0.3, 0.4) is 0 Å². The number of carbonyl (C=O) groups excluding carboxylic acids is 3. The lowest BCUT2D eigenvalue weighted by Gasteiger charge is -2.13. The summed E-state index contributed by atoms with van der Waals surface area (Å²) in [5.74, 6) is -1.02. The standard InChI is InChI=1S/C24H22N2O4S/c1-30-24(29)16-10-7-11-17(14-16)25-22(28)20-18-12-5-6-13-19(18)31-23(20)26-21(27)15-8-3-2-4-9-15/h2-4,7-11,14H,5-6,12-13H2,1H3,(H,25,28)(H,26,27). The van der Waals surface area contributed by atoms with Gasteiger partial charge in [0.05, 0.1) is 18.2 Å². The van der Waals surface area contributed by atoms with Crippen LogP contribution >= 0.6 is 11.3 Å². The van der Waals surface area contributed by atoms with Crippen molar-refractivity contribution in [2.24, 2.45) is 0 Å². The molecule has 0 bridgehead atoms. The fourth-order valence-electron chi connectivity index (χ4n) is 3.69. The number of fused-ring (bicyclic) bond motifs is 1. The molecule has 2 N–H and O–H groups in total. The summed E-state index contributed by atoms with van der Waals surface area (Å²) >= 11 is 1.47. The van der Waals surface area contributed by atoms with E-state index in [2.05, 4.69) is 10.6 Å². The minimum absolute atomic E-state index is 0.249. The largest absolute Gasteiger partial charge is 0.465 e. The molecule has 2 aromatic carbocycles. The minimum atomic E-state index is -0.472. The lowest BCUT2D eigenvalue weighted by atomic mass is 9.95. The predicted molar refractivity (Wildman–Crippen MR) is 121 cm³/mol. The number of carbonyl (C=O) groups is 3. The van der Waals surface area contributed by atoms with E-state index >= 15 is 0 Å². The Kier molecular flexibility index (Phi) is 6.13.